The van der Waals surface area contributed by atoms with E-state index in [0.717, 1.165) is 28.8 Å². The van der Waals surface area contributed by atoms with Crippen LogP contribution in [0.4, 0.5) is 18.9 Å². The Bertz CT molecular complexity index is 1140. The molecule has 0 unspecified atom stereocenters. The molecule has 4 rings (SSSR count). The number of thiocarbonyl (C=S) groups is 1. The van der Waals surface area contributed by atoms with Gasteiger partial charge in [-0.25, -0.2) is 13.2 Å². The van der Waals surface area contributed by atoms with Gasteiger partial charge in [-0.2, -0.15) is 0 Å². The first-order chi connectivity index (χ1) is 13.4. The van der Waals surface area contributed by atoms with E-state index in [4.69, 9.17) is 16.6 Å². The number of hydrogen-bond donors (Lipinski definition) is 0. The highest BCUT2D eigenvalue weighted by molar-refractivity contribution is 8.27. The molecule has 2 heterocycles. The molecule has 28 heavy (non-hydrogen) atoms. The molecule has 1 aliphatic rings. The Morgan fingerprint density at radius 3 is 2.54 bits per heavy atom. The average Bonchev–Trinajstić information content (AvgIpc) is 3.21. The topological polar surface area (TPSA) is 33.5 Å². The monoisotopic (exact) mass is 417 g/mol. The molecule has 0 saturated carbocycles. The molecule has 0 atom stereocenters. The largest absolute Gasteiger partial charge is 0.457 e. The number of anilines is 1. The number of amides is 1. The first-order valence-electron chi connectivity index (χ1n) is 8.02. The zero-order chi connectivity index (χ0) is 19.8. The molecule has 0 bridgehead atoms. The minimum Gasteiger partial charge on any atom is -0.457 e. The van der Waals surface area contributed by atoms with Gasteiger partial charge < -0.3 is 4.42 Å². The fraction of sp³-hybridized carbons (Fsp3) is 0. The third-order valence-corrected chi connectivity index (χ3v) is 5.29. The van der Waals surface area contributed by atoms with Crippen molar-refractivity contribution in [2.45, 2.75) is 0 Å². The number of nitrogens with zero attached hydrogens (tertiary/aromatic N) is 1. The number of halogens is 3. The summed E-state index contributed by atoms with van der Waals surface area (Å²) in [5.74, 6) is -2.02. The van der Waals surface area contributed by atoms with Gasteiger partial charge in [0, 0.05) is 12.1 Å². The molecule has 140 valence electrons. The number of hydrogen-bond acceptors (Lipinski definition) is 4. The van der Waals surface area contributed by atoms with E-state index in [1.54, 1.807) is 12.1 Å². The highest BCUT2D eigenvalue weighted by Gasteiger charge is 2.35. The Morgan fingerprint density at radius 1 is 1.00 bits per heavy atom. The first-order valence-corrected chi connectivity index (χ1v) is 9.24. The number of rotatable bonds is 3. The number of carbonyl (C=O) groups is 1. The van der Waals surface area contributed by atoms with Gasteiger partial charge in [0.05, 0.1) is 16.2 Å². The lowest BCUT2D eigenvalue weighted by Gasteiger charge is -2.14. The molecule has 1 aromatic heterocycles. The minimum absolute atomic E-state index is 0.0712. The van der Waals surface area contributed by atoms with Crippen molar-refractivity contribution in [2.24, 2.45) is 0 Å². The summed E-state index contributed by atoms with van der Waals surface area (Å²) in [4.78, 5) is 14.0. The van der Waals surface area contributed by atoms with E-state index in [1.807, 2.05) is 0 Å². The number of furan rings is 1. The van der Waals surface area contributed by atoms with Crippen molar-refractivity contribution in [3.05, 3.63) is 82.7 Å². The van der Waals surface area contributed by atoms with Crippen LogP contribution in [-0.2, 0) is 4.79 Å². The summed E-state index contributed by atoms with van der Waals surface area (Å²) in [7, 11) is 0. The molecule has 1 fully saturated rings. The summed E-state index contributed by atoms with van der Waals surface area (Å²) >= 11 is 6.22. The lowest BCUT2D eigenvalue weighted by Crippen LogP contribution is -2.28. The standard InChI is InChI=1S/C20H10F3NO2S2/c21-11-5-7-13(15(23)9-11)17-8-6-12(26-17)10-18-19(25)24(20(27)28-18)16-4-2-1-3-14(16)22/h1-10H/b18-10-. The molecule has 3 nitrogen and oxygen atoms in total. The van der Waals surface area contributed by atoms with Crippen molar-refractivity contribution in [2.75, 3.05) is 4.90 Å². The quantitative estimate of drug-likeness (QED) is 0.400. The molecule has 2 aromatic carbocycles. The molecule has 0 radical (unpaired) electrons. The van der Waals surface area contributed by atoms with E-state index in [1.165, 1.54) is 36.4 Å². The Balaban J connectivity index is 1.64. The predicted molar refractivity (Wildman–Crippen MR) is 106 cm³/mol. The Kier molecular flexibility index (Phi) is 4.82. The van der Waals surface area contributed by atoms with Crippen LogP contribution in [0.3, 0.4) is 0 Å². The number of benzene rings is 2. The Labute approximate surface area is 167 Å². The van der Waals surface area contributed by atoms with Crippen LogP contribution >= 0.6 is 24.0 Å². The van der Waals surface area contributed by atoms with E-state index < -0.39 is 23.4 Å². The second kappa shape index (κ2) is 7.29. The maximum Gasteiger partial charge on any atom is 0.270 e. The van der Waals surface area contributed by atoms with Gasteiger partial charge in [0.25, 0.3) is 5.91 Å². The van der Waals surface area contributed by atoms with Gasteiger partial charge in [0.15, 0.2) is 4.32 Å². The molecule has 1 saturated heterocycles. The summed E-state index contributed by atoms with van der Waals surface area (Å²) in [5.41, 5.74) is 0.168. The van der Waals surface area contributed by atoms with Gasteiger partial charge in [-0.3, -0.25) is 9.69 Å². The van der Waals surface area contributed by atoms with Gasteiger partial charge in [-0.1, -0.05) is 36.1 Å². The molecular weight excluding hydrogens is 407 g/mol. The lowest BCUT2D eigenvalue weighted by atomic mass is 10.1. The van der Waals surface area contributed by atoms with Gasteiger partial charge >= 0.3 is 0 Å². The SMILES string of the molecule is O=C1/C(=C/c2ccc(-c3ccc(F)cc3F)o2)SC(=S)N1c1ccccc1F. The minimum atomic E-state index is -0.758. The van der Waals surface area contributed by atoms with Gasteiger partial charge in [0.2, 0.25) is 0 Å². The van der Waals surface area contributed by atoms with Crippen LogP contribution < -0.4 is 4.90 Å². The van der Waals surface area contributed by atoms with Crippen molar-refractivity contribution in [1.29, 1.82) is 0 Å². The van der Waals surface area contributed by atoms with Crippen LogP contribution in [0.1, 0.15) is 5.76 Å². The predicted octanol–water partition coefficient (Wildman–Crippen LogP) is 5.77. The van der Waals surface area contributed by atoms with Gasteiger partial charge in [-0.15, -0.1) is 0 Å². The van der Waals surface area contributed by atoms with Crippen LogP contribution in [0.5, 0.6) is 0 Å². The van der Waals surface area contributed by atoms with Crippen molar-refractivity contribution in [3.63, 3.8) is 0 Å². The molecule has 0 aliphatic carbocycles. The summed E-state index contributed by atoms with van der Waals surface area (Å²) in [6.45, 7) is 0. The summed E-state index contributed by atoms with van der Waals surface area (Å²) < 4.78 is 46.8. The lowest BCUT2D eigenvalue weighted by molar-refractivity contribution is -0.113. The van der Waals surface area contributed by atoms with Crippen LogP contribution in [0.25, 0.3) is 17.4 Å². The zero-order valence-electron chi connectivity index (χ0n) is 14.0. The summed E-state index contributed by atoms with van der Waals surface area (Å²) in [5, 5.41) is 0. The van der Waals surface area contributed by atoms with Crippen LogP contribution in [0.15, 0.2) is 63.9 Å². The molecule has 0 N–H and O–H groups in total. The first kappa shape index (κ1) is 18.5. The third-order valence-electron chi connectivity index (χ3n) is 3.98. The van der Waals surface area contributed by atoms with Crippen LogP contribution in [-0.4, -0.2) is 10.2 Å². The Hall–Kier alpha value is -2.84. The third kappa shape index (κ3) is 3.36. The highest BCUT2D eigenvalue weighted by atomic mass is 32.2. The maximum atomic E-state index is 14.0. The molecule has 0 spiro atoms. The second-order valence-electron chi connectivity index (χ2n) is 5.79. The fourth-order valence-corrected chi connectivity index (χ4v) is 3.97. The summed E-state index contributed by atoms with van der Waals surface area (Å²) in [6.07, 6.45) is 1.45. The number of para-hydroxylation sites is 1. The van der Waals surface area contributed by atoms with E-state index >= 15 is 0 Å². The maximum absolute atomic E-state index is 14.0. The number of thioether (sulfide) groups is 1. The average molecular weight is 417 g/mol. The molecular formula is C20H10F3NO2S2. The molecule has 8 heteroatoms. The Morgan fingerprint density at radius 2 is 1.79 bits per heavy atom. The van der Waals surface area contributed by atoms with Crippen LogP contribution in [0, 0.1) is 17.5 Å². The van der Waals surface area contributed by atoms with Gasteiger partial charge in [0.1, 0.15) is 29.0 Å². The fourth-order valence-electron chi connectivity index (χ4n) is 2.70. The highest BCUT2D eigenvalue weighted by Crippen LogP contribution is 2.37. The molecule has 1 amide bonds. The van der Waals surface area contributed by atoms with Crippen LogP contribution in [0.2, 0.25) is 0 Å². The van der Waals surface area contributed by atoms with Crippen molar-refractivity contribution >= 4 is 46.0 Å². The normalized spacial score (nSPS) is 15.7. The van der Waals surface area contributed by atoms with Gasteiger partial charge in [-0.05, 0) is 36.4 Å². The number of carbonyl (C=O) groups excluding carboxylic acids is 1. The smallest absolute Gasteiger partial charge is 0.270 e. The molecule has 3 aromatic rings. The van der Waals surface area contributed by atoms with E-state index in [9.17, 15) is 18.0 Å². The van der Waals surface area contributed by atoms with E-state index in [0.29, 0.717) is 0 Å². The van der Waals surface area contributed by atoms with Crippen molar-refractivity contribution in [1.82, 2.24) is 0 Å². The van der Waals surface area contributed by atoms with E-state index in [2.05, 4.69) is 0 Å². The van der Waals surface area contributed by atoms with Crippen molar-refractivity contribution in [3.8, 4) is 11.3 Å². The van der Waals surface area contributed by atoms with Crippen molar-refractivity contribution < 1.29 is 22.4 Å². The summed E-state index contributed by atoms with van der Waals surface area (Å²) in [6, 6.07) is 12.1. The second-order valence-corrected chi connectivity index (χ2v) is 7.47. The molecule has 1 aliphatic heterocycles. The van der Waals surface area contributed by atoms with E-state index in [-0.39, 0.29) is 32.0 Å². The zero-order valence-corrected chi connectivity index (χ0v) is 15.6.